The molecule has 0 aliphatic heterocycles. The molecule has 74 valence electrons. The smallest absolute Gasteiger partial charge is 0.00736 e. The molecule has 0 rings (SSSR count). The summed E-state index contributed by atoms with van der Waals surface area (Å²) in [4.78, 5) is 0. The SMILES string of the molecule is CC(C)CNCCCC(C)(C)S. The Labute approximate surface area is 82.7 Å². The second-order valence-electron chi connectivity index (χ2n) is 4.51. The second-order valence-corrected chi connectivity index (χ2v) is 5.72. The lowest BCUT2D eigenvalue weighted by Crippen LogP contribution is -2.22. The summed E-state index contributed by atoms with van der Waals surface area (Å²) < 4.78 is 0.194. The molecule has 0 aromatic rings. The van der Waals surface area contributed by atoms with E-state index in [1.54, 1.807) is 0 Å². The van der Waals surface area contributed by atoms with Crippen molar-refractivity contribution in [2.45, 2.75) is 45.3 Å². The van der Waals surface area contributed by atoms with E-state index < -0.39 is 0 Å². The Balaban J connectivity index is 3.12. The van der Waals surface area contributed by atoms with E-state index in [-0.39, 0.29) is 4.75 Å². The van der Waals surface area contributed by atoms with Gasteiger partial charge in [0.2, 0.25) is 0 Å². The van der Waals surface area contributed by atoms with Crippen LogP contribution in [0.25, 0.3) is 0 Å². The highest BCUT2D eigenvalue weighted by Gasteiger charge is 2.09. The van der Waals surface area contributed by atoms with E-state index in [1.807, 2.05) is 0 Å². The number of hydrogen-bond acceptors (Lipinski definition) is 2. The average Bonchev–Trinajstić information content (AvgIpc) is 1.83. The van der Waals surface area contributed by atoms with Gasteiger partial charge in [0.1, 0.15) is 0 Å². The summed E-state index contributed by atoms with van der Waals surface area (Å²) in [6.07, 6.45) is 2.41. The van der Waals surface area contributed by atoms with Crippen LogP contribution in [0.2, 0.25) is 0 Å². The minimum absolute atomic E-state index is 0.194. The Morgan fingerprint density at radius 2 is 1.92 bits per heavy atom. The molecule has 0 atom stereocenters. The standard InChI is InChI=1S/C10H23NS/c1-9(2)8-11-7-5-6-10(3,4)12/h9,11-12H,5-8H2,1-4H3. The van der Waals surface area contributed by atoms with Gasteiger partial charge >= 0.3 is 0 Å². The molecule has 0 saturated carbocycles. The van der Waals surface area contributed by atoms with Crippen LogP contribution in [0, 0.1) is 5.92 Å². The molecular formula is C10H23NS. The van der Waals surface area contributed by atoms with Crippen LogP contribution in [0.15, 0.2) is 0 Å². The molecule has 0 bridgehead atoms. The van der Waals surface area contributed by atoms with Crippen LogP contribution in [0.5, 0.6) is 0 Å². The van der Waals surface area contributed by atoms with Crippen LogP contribution in [0.3, 0.4) is 0 Å². The van der Waals surface area contributed by atoms with E-state index in [0.29, 0.717) is 0 Å². The number of nitrogens with one attached hydrogen (secondary N) is 1. The molecule has 1 N–H and O–H groups in total. The molecule has 0 aromatic carbocycles. The van der Waals surface area contributed by atoms with Crippen molar-refractivity contribution in [2.24, 2.45) is 5.92 Å². The summed E-state index contributed by atoms with van der Waals surface area (Å²) in [6.45, 7) is 11.1. The molecule has 1 nitrogen and oxygen atoms in total. The summed E-state index contributed by atoms with van der Waals surface area (Å²) in [5, 5.41) is 3.42. The van der Waals surface area contributed by atoms with Crippen molar-refractivity contribution >= 4 is 12.6 Å². The van der Waals surface area contributed by atoms with Crippen molar-refractivity contribution in [3.63, 3.8) is 0 Å². The third-order valence-electron chi connectivity index (χ3n) is 1.69. The zero-order valence-corrected chi connectivity index (χ0v) is 9.75. The monoisotopic (exact) mass is 189 g/mol. The van der Waals surface area contributed by atoms with Crippen LogP contribution >= 0.6 is 12.6 Å². The van der Waals surface area contributed by atoms with Gasteiger partial charge in [-0.2, -0.15) is 12.6 Å². The minimum Gasteiger partial charge on any atom is -0.316 e. The first kappa shape index (κ1) is 12.3. The lowest BCUT2D eigenvalue weighted by molar-refractivity contribution is 0.516. The van der Waals surface area contributed by atoms with Gasteiger partial charge in [-0.05, 0) is 31.8 Å². The summed E-state index contributed by atoms with van der Waals surface area (Å²) >= 11 is 4.47. The van der Waals surface area contributed by atoms with Crippen LogP contribution in [0.1, 0.15) is 40.5 Å². The Morgan fingerprint density at radius 3 is 2.33 bits per heavy atom. The third kappa shape index (κ3) is 10.3. The van der Waals surface area contributed by atoms with Gasteiger partial charge in [0.15, 0.2) is 0 Å². The van der Waals surface area contributed by atoms with Crippen molar-refractivity contribution in [1.29, 1.82) is 0 Å². The number of rotatable bonds is 6. The minimum atomic E-state index is 0.194. The van der Waals surface area contributed by atoms with Crippen molar-refractivity contribution in [3.8, 4) is 0 Å². The largest absolute Gasteiger partial charge is 0.316 e. The van der Waals surface area contributed by atoms with Crippen molar-refractivity contribution in [2.75, 3.05) is 13.1 Å². The van der Waals surface area contributed by atoms with Gasteiger partial charge in [0, 0.05) is 4.75 Å². The Hall–Kier alpha value is 0.310. The predicted molar refractivity (Wildman–Crippen MR) is 60.0 cm³/mol. The summed E-state index contributed by atoms with van der Waals surface area (Å²) in [6, 6.07) is 0. The fourth-order valence-corrected chi connectivity index (χ4v) is 1.19. The quantitative estimate of drug-likeness (QED) is 0.483. The highest BCUT2D eigenvalue weighted by atomic mass is 32.1. The van der Waals surface area contributed by atoms with E-state index in [4.69, 9.17) is 0 Å². The Bertz CT molecular complexity index is 105. The van der Waals surface area contributed by atoms with Gasteiger partial charge in [-0.3, -0.25) is 0 Å². The molecular weight excluding hydrogens is 166 g/mol. The van der Waals surface area contributed by atoms with Gasteiger partial charge < -0.3 is 5.32 Å². The van der Waals surface area contributed by atoms with Gasteiger partial charge in [-0.25, -0.2) is 0 Å². The maximum Gasteiger partial charge on any atom is 0.00736 e. The van der Waals surface area contributed by atoms with Crippen molar-refractivity contribution < 1.29 is 0 Å². The van der Waals surface area contributed by atoms with Crippen molar-refractivity contribution in [3.05, 3.63) is 0 Å². The number of hydrogen-bond donors (Lipinski definition) is 2. The highest BCUT2D eigenvalue weighted by molar-refractivity contribution is 7.81. The second kappa shape index (κ2) is 5.87. The first-order valence-corrected chi connectivity index (χ1v) is 5.29. The van der Waals surface area contributed by atoms with E-state index in [1.165, 1.54) is 12.8 Å². The van der Waals surface area contributed by atoms with E-state index in [2.05, 4.69) is 45.6 Å². The molecule has 12 heavy (non-hydrogen) atoms. The molecule has 0 heterocycles. The Kier molecular flexibility index (Phi) is 6.02. The first-order chi connectivity index (χ1) is 5.42. The molecule has 0 aromatic heterocycles. The molecule has 0 aliphatic rings. The highest BCUT2D eigenvalue weighted by Crippen LogP contribution is 2.18. The predicted octanol–water partition coefficient (Wildman–Crippen LogP) is 2.72. The van der Waals surface area contributed by atoms with Gasteiger partial charge in [0.25, 0.3) is 0 Å². The fourth-order valence-electron chi connectivity index (χ4n) is 1.04. The van der Waals surface area contributed by atoms with Crippen LogP contribution in [0.4, 0.5) is 0 Å². The lowest BCUT2D eigenvalue weighted by atomic mass is 10.1. The molecule has 0 fully saturated rings. The molecule has 0 aliphatic carbocycles. The molecule has 0 spiro atoms. The van der Waals surface area contributed by atoms with Crippen LogP contribution < -0.4 is 5.32 Å². The topological polar surface area (TPSA) is 12.0 Å². The molecule has 0 amide bonds. The van der Waals surface area contributed by atoms with E-state index >= 15 is 0 Å². The first-order valence-electron chi connectivity index (χ1n) is 4.85. The van der Waals surface area contributed by atoms with Gasteiger partial charge in [0.05, 0.1) is 0 Å². The average molecular weight is 189 g/mol. The zero-order chi connectivity index (χ0) is 9.61. The van der Waals surface area contributed by atoms with Gasteiger partial charge in [-0.1, -0.05) is 27.7 Å². The van der Waals surface area contributed by atoms with Gasteiger partial charge in [-0.15, -0.1) is 0 Å². The van der Waals surface area contributed by atoms with E-state index in [9.17, 15) is 0 Å². The van der Waals surface area contributed by atoms with E-state index in [0.717, 1.165) is 19.0 Å². The summed E-state index contributed by atoms with van der Waals surface area (Å²) in [7, 11) is 0. The summed E-state index contributed by atoms with van der Waals surface area (Å²) in [5.41, 5.74) is 0. The molecule has 0 saturated heterocycles. The fraction of sp³-hybridized carbons (Fsp3) is 1.00. The third-order valence-corrected chi connectivity index (χ3v) is 1.92. The molecule has 0 unspecified atom stereocenters. The van der Waals surface area contributed by atoms with Crippen molar-refractivity contribution in [1.82, 2.24) is 5.32 Å². The molecule has 2 heteroatoms. The van der Waals surface area contributed by atoms with Crippen LogP contribution in [-0.2, 0) is 0 Å². The Morgan fingerprint density at radius 1 is 1.33 bits per heavy atom. The normalized spacial score (nSPS) is 12.5. The zero-order valence-electron chi connectivity index (χ0n) is 8.85. The molecule has 0 radical (unpaired) electrons. The number of thiol groups is 1. The maximum atomic E-state index is 4.47. The van der Waals surface area contributed by atoms with Crippen LogP contribution in [-0.4, -0.2) is 17.8 Å². The summed E-state index contributed by atoms with van der Waals surface area (Å²) in [5.74, 6) is 0.758. The lowest BCUT2D eigenvalue weighted by Gasteiger charge is -2.17. The maximum absolute atomic E-state index is 4.47.